The number of nitrogens with two attached hydrogens (primary N) is 1. The van der Waals surface area contributed by atoms with Gasteiger partial charge in [0.2, 0.25) is 10.0 Å². The highest BCUT2D eigenvalue weighted by molar-refractivity contribution is 7.89. The van der Waals surface area contributed by atoms with Gasteiger partial charge in [-0.3, -0.25) is 0 Å². The molecule has 0 aromatic rings. The molecule has 0 bridgehead atoms. The highest BCUT2D eigenvalue weighted by atomic mass is 32.2. The zero-order chi connectivity index (χ0) is 12.0. The highest BCUT2D eigenvalue weighted by Crippen LogP contribution is 2.19. The van der Waals surface area contributed by atoms with Crippen LogP contribution in [-0.4, -0.2) is 40.0 Å². The number of rotatable bonds is 7. The number of ether oxygens (including phenoxy) is 1. The van der Waals surface area contributed by atoms with Gasteiger partial charge in [-0.05, 0) is 32.7 Å². The van der Waals surface area contributed by atoms with E-state index in [0.29, 0.717) is 25.4 Å². The molecule has 1 aliphatic rings. The number of hydrogen-bond donors (Lipinski definition) is 2. The molecule has 0 saturated carbocycles. The zero-order valence-corrected chi connectivity index (χ0v) is 10.6. The summed E-state index contributed by atoms with van der Waals surface area (Å²) in [7, 11) is -3.13. The second-order valence-electron chi connectivity index (χ2n) is 4.29. The van der Waals surface area contributed by atoms with Gasteiger partial charge < -0.3 is 10.5 Å². The summed E-state index contributed by atoms with van der Waals surface area (Å²) in [6.45, 7) is 3.76. The van der Waals surface area contributed by atoms with E-state index in [9.17, 15) is 8.42 Å². The van der Waals surface area contributed by atoms with Crippen molar-refractivity contribution in [3.63, 3.8) is 0 Å². The highest BCUT2D eigenvalue weighted by Gasteiger charge is 2.25. The monoisotopic (exact) mass is 250 g/mol. The van der Waals surface area contributed by atoms with Crippen LogP contribution in [0.25, 0.3) is 0 Å². The third-order valence-corrected chi connectivity index (χ3v) is 4.40. The summed E-state index contributed by atoms with van der Waals surface area (Å²) in [6, 6.07) is 0. The average molecular weight is 250 g/mol. The molecule has 6 heteroatoms. The first-order valence-electron chi connectivity index (χ1n) is 5.84. The van der Waals surface area contributed by atoms with E-state index in [1.54, 1.807) is 0 Å². The van der Waals surface area contributed by atoms with Gasteiger partial charge in [0.05, 0.1) is 11.9 Å². The van der Waals surface area contributed by atoms with Gasteiger partial charge >= 0.3 is 0 Å². The van der Waals surface area contributed by atoms with E-state index in [-0.39, 0.29) is 11.9 Å². The van der Waals surface area contributed by atoms with Crippen LogP contribution >= 0.6 is 0 Å². The summed E-state index contributed by atoms with van der Waals surface area (Å²) in [5.41, 5.74) is 5.32. The number of unbranched alkanes of at least 4 members (excludes halogenated alkanes) is 1. The number of hydrogen-bond acceptors (Lipinski definition) is 4. The Labute approximate surface area is 97.8 Å². The van der Waals surface area contributed by atoms with Gasteiger partial charge in [-0.2, -0.15) is 0 Å². The summed E-state index contributed by atoms with van der Waals surface area (Å²) in [5, 5.41) is 0. The van der Waals surface area contributed by atoms with E-state index in [0.717, 1.165) is 19.4 Å². The standard InChI is InChI=1S/C10H22N2O3S/c1-9-10(4-6-15-9)8-12-16(13,14)7-3-2-5-11/h9-10,12H,2-8,11H2,1H3. The van der Waals surface area contributed by atoms with Crippen molar-refractivity contribution in [1.29, 1.82) is 0 Å². The molecule has 96 valence electrons. The van der Waals surface area contributed by atoms with Crippen LogP contribution in [0, 0.1) is 5.92 Å². The van der Waals surface area contributed by atoms with Gasteiger partial charge in [0.15, 0.2) is 0 Å². The van der Waals surface area contributed by atoms with Crippen molar-refractivity contribution < 1.29 is 13.2 Å². The molecule has 1 rings (SSSR count). The second kappa shape index (κ2) is 6.54. The molecule has 0 aromatic heterocycles. The Hall–Kier alpha value is -0.170. The van der Waals surface area contributed by atoms with Crippen LogP contribution in [0.2, 0.25) is 0 Å². The summed E-state index contributed by atoms with van der Waals surface area (Å²) >= 11 is 0. The molecular weight excluding hydrogens is 228 g/mol. The SMILES string of the molecule is CC1OCCC1CNS(=O)(=O)CCCCN. The Morgan fingerprint density at radius 1 is 1.44 bits per heavy atom. The van der Waals surface area contributed by atoms with Crippen molar-refractivity contribution in [2.24, 2.45) is 11.7 Å². The molecule has 0 radical (unpaired) electrons. The predicted molar refractivity (Wildman–Crippen MR) is 63.6 cm³/mol. The zero-order valence-electron chi connectivity index (χ0n) is 9.81. The molecule has 2 unspecified atom stereocenters. The van der Waals surface area contributed by atoms with E-state index in [2.05, 4.69) is 4.72 Å². The molecular formula is C10H22N2O3S. The van der Waals surface area contributed by atoms with Crippen LogP contribution < -0.4 is 10.5 Å². The van der Waals surface area contributed by atoms with Crippen LogP contribution in [0.1, 0.15) is 26.2 Å². The first-order valence-corrected chi connectivity index (χ1v) is 7.49. The maximum absolute atomic E-state index is 11.6. The Kier molecular flexibility index (Phi) is 5.68. The first kappa shape index (κ1) is 13.9. The minimum atomic E-state index is -3.13. The largest absolute Gasteiger partial charge is 0.378 e. The van der Waals surface area contributed by atoms with Gasteiger partial charge in [0, 0.05) is 19.1 Å². The fraction of sp³-hybridized carbons (Fsp3) is 1.00. The lowest BCUT2D eigenvalue weighted by atomic mass is 10.0. The third-order valence-electron chi connectivity index (χ3n) is 2.97. The van der Waals surface area contributed by atoms with Crippen molar-refractivity contribution in [2.75, 3.05) is 25.4 Å². The molecule has 1 saturated heterocycles. The lowest BCUT2D eigenvalue weighted by Crippen LogP contribution is -2.33. The van der Waals surface area contributed by atoms with E-state index in [4.69, 9.17) is 10.5 Å². The van der Waals surface area contributed by atoms with Crippen LogP contribution in [0.3, 0.4) is 0 Å². The molecule has 0 amide bonds. The van der Waals surface area contributed by atoms with E-state index in [1.807, 2.05) is 6.92 Å². The van der Waals surface area contributed by atoms with Crippen LogP contribution in [-0.2, 0) is 14.8 Å². The molecule has 0 aromatic carbocycles. The molecule has 1 heterocycles. The lowest BCUT2D eigenvalue weighted by molar-refractivity contribution is 0.107. The smallest absolute Gasteiger partial charge is 0.211 e. The maximum atomic E-state index is 11.6. The quantitative estimate of drug-likeness (QED) is 0.627. The van der Waals surface area contributed by atoms with Crippen LogP contribution in [0.4, 0.5) is 0 Å². The second-order valence-corrected chi connectivity index (χ2v) is 6.21. The predicted octanol–water partition coefficient (Wildman–Crippen LogP) is 0.0697. The van der Waals surface area contributed by atoms with Gasteiger partial charge in [-0.25, -0.2) is 13.1 Å². The van der Waals surface area contributed by atoms with Crippen molar-refractivity contribution >= 4 is 10.0 Å². The molecule has 16 heavy (non-hydrogen) atoms. The lowest BCUT2D eigenvalue weighted by Gasteiger charge is -2.14. The Balaban J connectivity index is 2.24. The molecule has 5 nitrogen and oxygen atoms in total. The van der Waals surface area contributed by atoms with Gasteiger partial charge in [0.25, 0.3) is 0 Å². The Bertz CT molecular complexity index is 292. The molecule has 1 fully saturated rings. The molecule has 2 atom stereocenters. The number of nitrogens with one attached hydrogen (secondary N) is 1. The van der Waals surface area contributed by atoms with E-state index >= 15 is 0 Å². The molecule has 1 aliphatic heterocycles. The van der Waals surface area contributed by atoms with Gasteiger partial charge in [-0.1, -0.05) is 0 Å². The Morgan fingerprint density at radius 2 is 2.19 bits per heavy atom. The normalized spacial score (nSPS) is 26.1. The summed E-state index contributed by atoms with van der Waals surface area (Å²) < 4.78 is 31.2. The molecule has 0 spiro atoms. The third kappa shape index (κ3) is 4.78. The minimum Gasteiger partial charge on any atom is -0.378 e. The van der Waals surface area contributed by atoms with Crippen molar-refractivity contribution in [2.45, 2.75) is 32.3 Å². The van der Waals surface area contributed by atoms with Crippen molar-refractivity contribution in [1.82, 2.24) is 4.72 Å². The van der Waals surface area contributed by atoms with Crippen molar-refractivity contribution in [3.8, 4) is 0 Å². The fourth-order valence-electron chi connectivity index (χ4n) is 1.79. The van der Waals surface area contributed by atoms with Gasteiger partial charge in [0.1, 0.15) is 0 Å². The first-order chi connectivity index (χ1) is 7.55. The van der Waals surface area contributed by atoms with E-state index in [1.165, 1.54) is 0 Å². The van der Waals surface area contributed by atoms with Crippen LogP contribution in [0.5, 0.6) is 0 Å². The number of sulfonamides is 1. The molecule has 3 N–H and O–H groups in total. The summed E-state index contributed by atoms with van der Waals surface area (Å²) in [4.78, 5) is 0. The summed E-state index contributed by atoms with van der Waals surface area (Å²) in [6.07, 6.45) is 2.48. The fourth-order valence-corrected chi connectivity index (χ4v) is 2.98. The summed E-state index contributed by atoms with van der Waals surface area (Å²) in [5.74, 6) is 0.482. The molecule has 0 aliphatic carbocycles. The maximum Gasteiger partial charge on any atom is 0.211 e. The van der Waals surface area contributed by atoms with Crippen molar-refractivity contribution in [3.05, 3.63) is 0 Å². The Morgan fingerprint density at radius 3 is 2.75 bits per heavy atom. The topological polar surface area (TPSA) is 81.4 Å². The average Bonchev–Trinajstić information content (AvgIpc) is 2.62. The van der Waals surface area contributed by atoms with Crippen LogP contribution in [0.15, 0.2) is 0 Å². The minimum absolute atomic E-state index is 0.159. The van der Waals surface area contributed by atoms with E-state index < -0.39 is 10.0 Å². The van der Waals surface area contributed by atoms with Gasteiger partial charge in [-0.15, -0.1) is 0 Å².